The highest BCUT2D eigenvalue weighted by molar-refractivity contribution is 9.10. The van der Waals surface area contributed by atoms with E-state index >= 15 is 0 Å². The lowest BCUT2D eigenvalue weighted by Crippen LogP contribution is -2.22. The summed E-state index contributed by atoms with van der Waals surface area (Å²) >= 11 is 3.39. The molecule has 1 saturated heterocycles. The molecule has 0 spiro atoms. The van der Waals surface area contributed by atoms with Gasteiger partial charge in [-0.15, -0.1) is 0 Å². The molecule has 0 bridgehead atoms. The monoisotopic (exact) mass is 269 g/mol. The predicted molar refractivity (Wildman–Crippen MR) is 61.7 cm³/mol. The molecular formula is C10H12BrN3O. The molecule has 15 heavy (non-hydrogen) atoms. The Hall–Kier alpha value is -1.10. The summed E-state index contributed by atoms with van der Waals surface area (Å²) in [7, 11) is 0. The zero-order valence-corrected chi connectivity index (χ0v) is 9.97. The SMILES string of the molecule is Cc1nc(NC2CNC(=O)C2)ccc1Br. The predicted octanol–water partition coefficient (Wildman–Crippen LogP) is 1.45. The van der Waals surface area contributed by atoms with Crippen LogP contribution in [0.15, 0.2) is 16.6 Å². The second kappa shape index (κ2) is 4.18. The zero-order valence-electron chi connectivity index (χ0n) is 8.38. The molecule has 4 nitrogen and oxygen atoms in total. The van der Waals surface area contributed by atoms with Crippen molar-refractivity contribution in [3.05, 3.63) is 22.3 Å². The molecule has 2 N–H and O–H groups in total. The van der Waals surface area contributed by atoms with E-state index in [0.717, 1.165) is 16.0 Å². The van der Waals surface area contributed by atoms with Gasteiger partial charge in [-0.25, -0.2) is 4.98 Å². The van der Waals surface area contributed by atoms with Crippen molar-refractivity contribution in [3.63, 3.8) is 0 Å². The first kappa shape index (κ1) is 10.4. The Morgan fingerprint density at radius 3 is 3.00 bits per heavy atom. The van der Waals surface area contributed by atoms with Gasteiger partial charge >= 0.3 is 0 Å². The van der Waals surface area contributed by atoms with Crippen LogP contribution < -0.4 is 10.6 Å². The van der Waals surface area contributed by atoms with Crippen LogP contribution in [0.1, 0.15) is 12.1 Å². The molecule has 0 aromatic carbocycles. The number of nitrogens with one attached hydrogen (secondary N) is 2. The third kappa shape index (κ3) is 2.47. The Labute approximate surface area is 96.6 Å². The zero-order chi connectivity index (χ0) is 10.8. The van der Waals surface area contributed by atoms with Crippen molar-refractivity contribution >= 4 is 27.7 Å². The summed E-state index contributed by atoms with van der Waals surface area (Å²) in [6, 6.07) is 4.01. The van der Waals surface area contributed by atoms with Gasteiger partial charge in [-0.05, 0) is 35.0 Å². The van der Waals surface area contributed by atoms with E-state index in [4.69, 9.17) is 0 Å². The minimum Gasteiger partial charge on any atom is -0.365 e. The Morgan fingerprint density at radius 1 is 1.60 bits per heavy atom. The molecule has 2 heterocycles. The van der Waals surface area contributed by atoms with E-state index in [2.05, 4.69) is 31.5 Å². The molecule has 2 rings (SSSR count). The van der Waals surface area contributed by atoms with Crippen molar-refractivity contribution in [2.75, 3.05) is 11.9 Å². The van der Waals surface area contributed by atoms with Crippen LogP contribution in [0, 0.1) is 6.92 Å². The third-order valence-corrected chi connectivity index (χ3v) is 3.19. The molecule has 1 amide bonds. The van der Waals surface area contributed by atoms with Gasteiger partial charge in [0.2, 0.25) is 5.91 Å². The molecule has 5 heteroatoms. The topological polar surface area (TPSA) is 54.0 Å². The van der Waals surface area contributed by atoms with Gasteiger partial charge in [-0.1, -0.05) is 0 Å². The lowest BCUT2D eigenvalue weighted by atomic mass is 10.2. The van der Waals surface area contributed by atoms with Crippen LogP contribution in [0.3, 0.4) is 0 Å². The summed E-state index contributed by atoms with van der Waals surface area (Å²) in [5.41, 5.74) is 0.942. The summed E-state index contributed by atoms with van der Waals surface area (Å²) in [5, 5.41) is 6.00. The van der Waals surface area contributed by atoms with Gasteiger partial charge in [0.15, 0.2) is 0 Å². The molecule has 1 unspecified atom stereocenters. The number of aryl methyl sites for hydroxylation is 1. The summed E-state index contributed by atoms with van der Waals surface area (Å²) in [5.74, 6) is 0.915. The Kier molecular flexibility index (Phi) is 2.90. The van der Waals surface area contributed by atoms with Crippen LogP contribution in [-0.2, 0) is 4.79 Å². The minimum atomic E-state index is 0.0985. The second-order valence-electron chi connectivity index (χ2n) is 3.61. The number of hydrogen-bond donors (Lipinski definition) is 2. The summed E-state index contributed by atoms with van der Waals surface area (Å²) in [6.45, 7) is 2.61. The largest absolute Gasteiger partial charge is 0.365 e. The van der Waals surface area contributed by atoms with Gasteiger partial charge in [-0.2, -0.15) is 0 Å². The number of aromatic nitrogens is 1. The van der Waals surface area contributed by atoms with E-state index in [9.17, 15) is 4.79 Å². The normalized spacial score (nSPS) is 20.1. The molecule has 1 aromatic rings. The molecule has 1 aromatic heterocycles. The number of rotatable bonds is 2. The van der Waals surface area contributed by atoms with Crippen molar-refractivity contribution in [3.8, 4) is 0 Å². The lowest BCUT2D eigenvalue weighted by molar-refractivity contribution is -0.119. The first-order valence-corrected chi connectivity index (χ1v) is 5.61. The minimum absolute atomic E-state index is 0.0985. The molecule has 1 fully saturated rings. The van der Waals surface area contributed by atoms with Gasteiger partial charge in [0.05, 0.1) is 11.7 Å². The smallest absolute Gasteiger partial charge is 0.222 e. The quantitative estimate of drug-likeness (QED) is 0.855. The standard InChI is InChI=1S/C10H12BrN3O/c1-6-8(11)2-3-9(13-6)14-7-4-10(15)12-5-7/h2-3,7H,4-5H2,1H3,(H,12,15)(H,13,14). The van der Waals surface area contributed by atoms with Crippen LogP contribution in [0.4, 0.5) is 5.82 Å². The first-order chi connectivity index (χ1) is 7.15. The number of pyridine rings is 1. The van der Waals surface area contributed by atoms with Crippen LogP contribution in [0.25, 0.3) is 0 Å². The van der Waals surface area contributed by atoms with Crippen LogP contribution in [0.2, 0.25) is 0 Å². The van der Waals surface area contributed by atoms with Crippen molar-refractivity contribution < 1.29 is 4.79 Å². The van der Waals surface area contributed by atoms with Gasteiger partial charge in [0.25, 0.3) is 0 Å². The summed E-state index contributed by atoms with van der Waals surface area (Å²) in [4.78, 5) is 15.3. The van der Waals surface area contributed by atoms with Crippen LogP contribution in [-0.4, -0.2) is 23.5 Å². The van der Waals surface area contributed by atoms with E-state index in [0.29, 0.717) is 13.0 Å². The lowest BCUT2D eigenvalue weighted by Gasteiger charge is -2.11. The van der Waals surface area contributed by atoms with Crippen molar-refractivity contribution in [1.29, 1.82) is 0 Å². The Morgan fingerprint density at radius 2 is 2.40 bits per heavy atom. The fourth-order valence-electron chi connectivity index (χ4n) is 1.54. The average molecular weight is 270 g/mol. The van der Waals surface area contributed by atoms with E-state index in [1.54, 1.807) is 0 Å². The van der Waals surface area contributed by atoms with Crippen LogP contribution in [0.5, 0.6) is 0 Å². The maximum atomic E-state index is 11.0. The number of amides is 1. The fraction of sp³-hybridized carbons (Fsp3) is 0.400. The van der Waals surface area contributed by atoms with Crippen molar-refractivity contribution in [2.45, 2.75) is 19.4 Å². The number of halogens is 1. The summed E-state index contributed by atoms with van der Waals surface area (Å²) in [6.07, 6.45) is 0.525. The molecular weight excluding hydrogens is 258 g/mol. The average Bonchev–Trinajstić information content (AvgIpc) is 2.58. The van der Waals surface area contributed by atoms with Crippen molar-refractivity contribution in [1.82, 2.24) is 10.3 Å². The van der Waals surface area contributed by atoms with E-state index < -0.39 is 0 Å². The van der Waals surface area contributed by atoms with E-state index in [1.807, 2.05) is 19.1 Å². The summed E-state index contributed by atoms with van der Waals surface area (Å²) < 4.78 is 0.994. The van der Waals surface area contributed by atoms with Gasteiger partial charge < -0.3 is 10.6 Å². The molecule has 1 aliphatic heterocycles. The number of carbonyl (C=O) groups excluding carboxylic acids is 1. The molecule has 80 valence electrons. The number of nitrogens with zero attached hydrogens (tertiary/aromatic N) is 1. The molecule has 0 radical (unpaired) electrons. The molecule has 0 aliphatic carbocycles. The highest BCUT2D eigenvalue weighted by Gasteiger charge is 2.21. The van der Waals surface area contributed by atoms with Gasteiger partial charge in [0.1, 0.15) is 5.82 Å². The fourth-order valence-corrected chi connectivity index (χ4v) is 1.76. The molecule has 1 aliphatic rings. The maximum absolute atomic E-state index is 11.0. The van der Waals surface area contributed by atoms with Crippen LogP contribution >= 0.6 is 15.9 Å². The van der Waals surface area contributed by atoms with Crippen molar-refractivity contribution in [2.24, 2.45) is 0 Å². The molecule has 0 saturated carbocycles. The second-order valence-corrected chi connectivity index (χ2v) is 4.47. The third-order valence-electron chi connectivity index (χ3n) is 2.35. The van der Waals surface area contributed by atoms with E-state index in [1.165, 1.54) is 0 Å². The highest BCUT2D eigenvalue weighted by Crippen LogP contribution is 2.17. The Balaban J connectivity index is 2.05. The number of carbonyl (C=O) groups is 1. The van der Waals surface area contributed by atoms with Gasteiger partial charge in [0, 0.05) is 17.4 Å². The number of anilines is 1. The van der Waals surface area contributed by atoms with E-state index in [-0.39, 0.29) is 11.9 Å². The Bertz CT molecular complexity index is 394. The maximum Gasteiger partial charge on any atom is 0.222 e. The highest BCUT2D eigenvalue weighted by atomic mass is 79.9. The number of hydrogen-bond acceptors (Lipinski definition) is 3. The first-order valence-electron chi connectivity index (χ1n) is 4.81. The van der Waals surface area contributed by atoms with Gasteiger partial charge in [-0.3, -0.25) is 4.79 Å². The molecule has 1 atom stereocenters.